The molecule has 0 saturated heterocycles. The lowest BCUT2D eigenvalue weighted by molar-refractivity contribution is -0.116. The zero-order valence-corrected chi connectivity index (χ0v) is 11.6. The molecule has 20 heavy (non-hydrogen) atoms. The van der Waals surface area contributed by atoms with Gasteiger partial charge in [0.15, 0.2) is 0 Å². The number of anilines is 2. The minimum atomic E-state index is -0.0880. The smallest absolute Gasteiger partial charge is 0.226 e. The molecule has 0 saturated carbocycles. The van der Waals surface area contributed by atoms with Crippen molar-refractivity contribution in [2.75, 3.05) is 18.2 Å². The van der Waals surface area contributed by atoms with Gasteiger partial charge in [-0.3, -0.25) is 4.79 Å². The maximum absolute atomic E-state index is 11.9. The number of aromatic nitrogens is 2. The van der Waals surface area contributed by atoms with Crippen molar-refractivity contribution in [1.82, 2.24) is 9.55 Å². The molecule has 0 bridgehead atoms. The van der Waals surface area contributed by atoms with E-state index in [4.69, 9.17) is 10.5 Å². The first-order valence-electron chi connectivity index (χ1n) is 6.31. The van der Waals surface area contributed by atoms with E-state index >= 15 is 0 Å². The van der Waals surface area contributed by atoms with E-state index in [9.17, 15) is 4.79 Å². The first-order valence-corrected chi connectivity index (χ1v) is 6.31. The number of benzene rings is 1. The molecule has 0 aliphatic rings. The van der Waals surface area contributed by atoms with Crippen LogP contribution in [0.4, 0.5) is 11.4 Å². The molecule has 6 nitrogen and oxygen atoms in total. The largest absolute Gasteiger partial charge is 0.497 e. The molecule has 1 amide bonds. The molecule has 0 unspecified atom stereocenters. The Morgan fingerprint density at radius 1 is 1.50 bits per heavy atom. The van der Waals surface area contributed by atoms with Gasteiger partial charge in [0.1, 0.15) is 11.6 Å². The highest BCUT2D eigenvalue weighted by Gasteiger charge is 2.07. The Morgan fingerprint density at radius 2 is 2.30 bits per heavy atom. The molecule has 1 heterocycles. The molecule has 0 fully saturated rings. The van der Waals surface area contributed by atoms with Crippen molar-refractivity contribution < 1.29 is 9.53 Å². The first kappa shape index (κ1) is 13.9. The van der Waals surface area contributed by atoms with Crippen molar-refractivity contribution in [3.05, 3.63) is 36.4 Å². The number of nitrogens with two attached hydrogens (primary N) is 1. The second-order valence-electron chi connectivity index (χ2n) is 4.42. The lowest BCUT2D eigenvalue weighted by atomic mass is 10.2. The molecule has 0 aliphatic carbocycles. The SMILES string of the molecule is COc1ccc(NC(=O)CCn2ccnc2C)c(N)c1. The summed E-state index contributed by atoms with van der Waals surface area (Å²) < 4.78 is 6.99. The van der Waals surface area contributed by atoms with Crippen LogP contribution in [0.3, 0.4) is 0 Å². The zero-order valence-electron chi connectivity index (χ0n) is 11.6. The molecular weight excluding hydrogens is 256 g/mol. The van der Waals surface area contributed by atoms with Crippen molar-refractivity contribution in [3.8, 4) is 5.75 Å². The molecular formula is C14H18N4O2. The Hall–Kier alpha value is -2.50. The predicted molar refractivity (Wildman–Crippen MR) is 77.6 cm³/mol. The average molecular weight is 274 g/mol. The van der Waals surface area contributed by atoms with E-state index in [1.54, 1.807) is 31.5 Å². The predicted octanol–water partition coefficient (Wildman–Crippen LogP) is 1.81. The molecule has 0 atom stereocenters. The minimum Gasteiger partial charge on any atom is -0.497 e. The molecule has 2 rings (SSSR count). The standard InChI is InChI=1S/C14H18N4O2/c1-10-16-6-8-18(10)7-5-14(19)17-13-4-3-11(20-2)9-12(13)15/h3-4,6,8-9H,5,7,15H2,1-2H3,(H,17,19). The quantitative estimate of drug-likeness (QED) is 0.815. The fourth-order valence-corrected chi connectivity index (χ4v) is 1.86. The maximum Gasteiger partial charge on any atom is 0.226 e. The van der Waals surface area contributed by atoms with Gasteiger partial charge in [0.2, 0.25) is 5.91 Å². The second kappa shape index (κ2) is 6.10. The number of hydrogen-bond donors (Lipinski definition) is 2. The molecule has 0 aliphatic heterocycles. The summed E-state index contributed by atoms with van der Waals surface area (Å²) in [7, 11) is 1.57. The molecule has 6 heteroatoms. The number of nitrogens with zero attached hydrogens (tertiary/aromatic N) is 2. The van der Waals surface area contributed by atoms with E-state index in [0.717, 1.165) is 5.82 Å². The molecule has 1 aromatic carbocycles. The zero-order chi connectivity index (χ0) is 14.5. The first-order chi connectivity index (χ1) is 9.60. The van der Waals surface area contributed by atoms with Gasteiger partial charge in [0.25, 0.3) is 0 Å². The van der Waals surface area contributed by atoms with Gasteiger partial charge in [0, 0.05) is 31.4 Å². The van der Waals surface area contributed by atoms with E-state index in [2.05, 4.69) is 10.3 Å². The Morgan fingerprint density at radius 3 is 2.90 bits per heavy atom. The number of nitrogens with one attached hydrogen (secondary N) is 1. The molecule has 1 aromatic heterocycles. The normalized spacial score (nSPS) is 10.3. The van der Waals surface area contributed by atoms with Crippen molar-refractivity contribution in [3.63, 3.8) is 0 Å². The highest BCUT2D eigenvalue weighted by molar-refractivity contribution is 5.93. The van der Waals surface area contributed by atoms with E-state index < -0.39 is 0 Å². The van der Waals surface area contributed by atoms with E-state index in [1.165, 1.54) is 0 Å². The molecule has 106 valence electrons. The van der Waals surface area contributed by atoms with Crippen LogP contribution in [-0.2, 0) is 11.3 Å². The third-order valence-corrected chi connectivity index (χ3v) is 3.04. The summed E-state index contributed by atoms with van der Waals surface area (Å²) in [6.07, 6.45) is 3.93. The number of rotatable bonds is 5. The van der Waals surface area contributed by atoms with E-state index in [-0.39, 0.29) is 5.91 Å². The number of carbonyl (C=O) groups excluding carboxylic acids is 1. The van der Waals surface area contributed by atoms with Gasteiger partial charge >= 0.3 is 0 Å². The fraction of sp³-hybridized carbons (Fsp3) is 0.286. The highest BCUT2D eigenvalue weighted by atomic mass is 16.5. The lowest BCUT2D eigenvalue weighted by Gasteiger charge is -2.10. The number of hydrogen-bond acceptors (Lipinski definition) is 4. The lowest BCUT2D eigenvalue weighted by Crippen LogP contribution is -2.15. The Labute approximate surface area is 117 Å². The van der Waals surface area contributed by atoms with Crippen LogP contribution < -0.4 is 15.8 Å². The van der Waals surface area contributed by atoms with Gasteiger partial charge in [0.05, 0.1) is 18.5 Å². The monoisotopic (exact) mass is 274 g/mol. The summed E-state index contributed by atoms with van der Waals surface area (Å²) in [5, 5.41) is 2.79. The van der Waals surface area contributed by atoms with Crippen LogP contribution >= 0.6 is 0 Å². The Kier molecular flexibility index (Phi) is 4.24. The number of methoxy groups -OCH3 is 1. The summed E-state index contributed by atoms with van der Waals surface area (Å²) in [6, 6.07) is 5.16. The van der Waals surface area contributed by atoms with Crippen LogP contribution in [0.2, 0.25) is 0 Å². The average Bonchev–Trinajstić information content (AvgIpc) is 2.84. The van der Waals surface area contributed by atoms with Gasteiger partial charge in [-0.15, -0.1) is 0 Å². The number of ether oxygens (including phenoxy) is 1. The summed E-state index contributed by atoms with van der Waals surface area (Å²) in [4.78, 5) is 16.0. The van der Waals surface area contributed by atoms with Crippen molar-refractivity contribution >= 4 is 17.3 Å². The minimum absolute atomic E-state index is 0.0880. The molecule has 2 aromatic rings. The molecule has 0 radical (unpaired) electrons. The number of aryl methyl sites for hydroxylation is 2. The second-order valence-corrected chi connectivity index (χ2v) is 4.42. The van der Waals surface area contributed by atoms with Crippen LogP contribution in [0.25, 0.3) is 0 Å². The summed E-state index contributed by atoms with van der Waals surface area (Å²) in [5.74, 6) is 1.46. The Balaban J connectivity index is 1.93. The van der Waals surface area contributed by atoms with Gasteiger partial charge in [-0.1, -0.05) is 0 Å². The van der Waals surface area contributed by atoms with Gasteiger partial charge in [-0.25, -0.2) is 4.98 Å². The molecule has 3 N–H and O–H groups in total. The summed E-state index contributed by atoms with van der Waals surface area (Å²) in [5.41, 5.74) is 6.93. The van der Waals surface area contributed by atoms with Crippen LogP contribution in [0.15, 0.2) is 30.6 Å². The molecule has 0 spiro atoms. The maximum atomic E-state index is 11.9. The van der Waals surface area contributed by atoms with Crippen molar-refractivity contribution in [1.29, 1.82) is 0 Å². The Bertz CT molecular complexity index is 607. The van der Waals surface area contributed by atoms with Crippen LogP contribution in [0, 0.1) is 6.92 Å². The third-order valence-electron chi connectivity index (χ3n) is 3.04. The number of imidazole rings is 1. The van der Waals surface area contributed by atoms with E-state index in [1.807, 2.05) is 17.7 Å². The van der Waals surface area contributed by atoms with Crippen LogP contribution in [0.5, 0.6) is 5.75 Å². The summed E-state index contributed by atoms with van der Waals surface area (Å²) >= 11 is 0. The van der Waals surface area contributed by atoms with Crippen molar-refractivity contribution in [2.24, 2.45) is 0 Å². The van der Waals surface area contributed by atoms with Crippen LogP contribution in [-0.4, -0.2) is 22.6 Å². The van der Waals surface area contributed by atoms with Gasteiger partial charge in [-0.2, -0.15) is 0 Å². The summed E-state index contributed by atoms with van der Waals surface area (Å²) in [6.45, 7) is 2.49. The number of nitrogen functional groups attached to an aromatic ring is 1. The topological polar surface area (TPSA) is 82.2 Å². The van der Waals surface area contributed by atoms with Crippen LogP contribution in [0.1, 0.15) is 12.2 Å². The third kappa shape index (κ3) is 3.28. The number of carbonyl (C=O) groups is 1. The van der Waals surface area contributed by atoms with Gasteiger partial charge < -0.3 is 20.4 Å². The highest BCUT2D eigenvalue weighted by Crippen LogP contribution is 2.24. The van der Waals surface area contributed by atoms with Crippen molar-refractivity contribution in [2.45, 2.75) is 19.9 Å². The van der Waals surface area contributed by atoms with Gasteiger partial charge in [-0.05, 0) is 19.1 Å². The fourth-order valence-electron chi connectivity index (χ4n) is 1.86. The van der Waals surface area contributed by atoms with E-state index in [0.29, 0.717) is 30.1 Å². The number of amides is 1.